The number of hydrogen-bond donors (Lipinski definition) is 0. The lowest BCUT2D eigenvalue weighted by molar-refractivity contribution is 0.0770. The first kappa shape index (κ1) is 17.6. The van der Waals surface area contributed by atoms with Gasteiger partial charge in [-0.05, 0) is 42.5 Å². The Morgan fingerprint density at radius 3 is 2.33 bits per heavy atom. The largest absolute Gasteiger partial charge is 0.497 e. The predicted octanol–water partition coefficient (Wildman–Crippen LogP) is 2.99. The molecular formula is C18H20FNO4. The van der Waals surface area contributed by atoms with Crippen LogP contribution < -0.4 is 14.2 Å². The second-order valence-electron chi connectivity index (χ2n) is 5.10. The van der Waals surface area contributed by atoms with Gasteiger partial charge >= 0.3 is 0 Å². The van der Waals surface area contributed by atoms with E-state index in [2.05, 4.69) is 0 Å². The third kappa shape index (κ3) is 4.38. The van der Waals surface area contributed by atoms with Crippen molar-refractivity contribution in [3.05, 3.63) is 53.8 Å². The van der Waals surface area contributed by atoms with E-state index in [1.807, 2.05) is 0 Å². The monoisotopic (exact) mass is 333 g/mol. The first-order chi connectivity index (χ1) is 11.5. The highest BCUT2D eigenvalue weighted by atomic mass is 19.1. The van der Waals surface area contributed by atoms with Gasteiger partial charge in [0.25, 0.3) is 5.91 Å². The summed E-state index contributed by atoms with van der Waals surface area (Å²) in [6, 6.07) is 11.0. The van der Waals surface area contributed by atoms with E-state index >= 15 is 0 Å². The Hall–Kier alpha value is -2.76. The summed E-state index contributed by atoms with van der Waals surface area (Å²) >= 11 is 0. The normalized spacial score (nSPS) is 10.2. The summed E-state index contributed by atoms with van der Waals surface area (Å²) in [5.74, 6) is 0.948. The molecule has 0 saturated carbocycles. The molecule has 2 aromatic carbocycles. The first-order valence-corrected chi connectivity index (χ1v) is 7.41. The first-order valence-electron chi connectivity index (χ1n) is 7.41. The van der Waals surface area contributed by atoms with Crippen molar-refractivity contribution in [2.75, 3.05) is 34.4 Å². The third-order valence-corrected chi connectivity index (χ3v) is 3.49. The van der Waals surface area contributed by atoms with E-state index in [0.29, 0.717) is 24.7 Å². The fourth-order valence-electron chi connectivity index (χ4n) is 2.13. The number of likely N-dealkylation sites (N-methyl/N-ethyl adjacent to an activating group) is 1. The maximum absolute atomic E-state index is 13.4. The molecule has 24 heavy (non-hydrogen) atoms. The maximum Gasteiger partial charge on any atom is 0.257 e. The van der Waals surface area contributed by atoms with Crippen molar-refractivity contribution in [2.24, 2.45) is 0 Å². The van der Waals surface area contributed by atoms with Gasteiger partial charge in [-0.25, -0.2) is 4.39 Å². The van der Waals surface area contributed by atoms with Gasteiger partial charge in [-0.15, -0.1) is 0 Å². The highest BCUT2D eigenvalue weighted by Gasteiger charge is 2.17. The van der Waals surface area contributed by atoms with Gasteiger partial charge in [-0.1, -0.05) is 0 Å². The molecule has 0 bridgehead atoms. The number of hydrogen-bond acceptors (Lipinski definition) is 4. The number of amides is 1. The minimum absolute atomic E-state index is 0.185. The Morgan fingerprint density at radius 2 is 1.71 bits per heavy atom. The summed E-state index contributed by atoms with van der Waals surface area (Å²) in [6.07, 6.45) is 0. The van der Waals surface area contributed by atoms with Gasteiger partial charge in [0, 0.05) is 7.05 Å². The van der Waals surface area contributed by atoms with Gasteiger partial charge in [-0.2, -0.15) is 0 Å². The molecule has 0 spiro atoms. The van der Waals surface area contributed by atoms with Crippen molar-refractivity contribution >= 4 is 5.91 Å². The lowest BCUT2D eigenvalue weighted by Crippen LogP contribution is -2.31. The van der Waals surface area contributed by atoms with Crippen molar-refractivity contribution < 1.29 is 23.4 Å². The highest BCUT2D eigenvalue weighted by molar-refractivity contribution is 5.96. The Bertz CT molecular complexity index is 688. The van der Waals surface area contributed by atoms with E-state index in [0.717, 1.165) is 5.75 Å². The Morgan fingerprint density at radius 1 is 1.04 bits per heavy atom. The number of carbonyl (C=O) groups is 1. The summed E-state index contributed by atoms with van der Waals surface area (Å²) in [5, 5.41) is 0. The van der Waals surface area contributed by atoms with Crippen LogP contribution in [0.25, 0.3) is 0 Å². The van der Waals surface area contributed by atoms with Crippen molar-refractivity contribution in [1.82, 2.24) is 4.90 Å². The summed E-state index contributed by atoms with van der Waals surface area (Å²) in [4.78, 5) is 13.9. The average Bonchev–Trinajstić information content (AvgIpc) is 2.61. The standard InChI is InChI=1S/C18H20FNO4/c1-20(10-11-24-15-7-5-14(22-2)6-8-15)18(21)16-12-13(19)4-9-17(16)23-3/h4-9,12H,10-11H2,1-3H3. The Kier molecular flexibility index (Phi) is 6.01. The predicted molar refractivity (Wildman–Crippen MR) is 88.4 cm³/mol. The van der Waals surface area contributed by atoms with E-state index in [1.165, 1.54) is 30.2 Å². The molecule has 0 saturated heterocycles. The summed E-state index contributed by atoms with van der Waals surface area (Å²) in [5.41, 5.74) is 0.185. The molecule has 0 aliphatic carbocycles. The molecule has 0 fully saturated rings. The molecular weight excluding hydrogens is 313 g/mol. The van der Waals surface area contributed by atoms with Crippen LogP contribution in [0.15, 0.2) is 42.5 Å². The second-order valence-corrected chi connectivity index (χ2v) is 5.10. The second kappa shape index (κ2) is 8.19. The molecule has 2 rings (SSSR count). The molecule has 0 N–H and O–H groups in total. The number of halogens is 1. The smallest absolute Gasteiger partial charge is 0.257 e. The van der Waals surface area contributed by atoms with E-state index in [1.54, 1.807) is 38.4 Å². The summed E-state index contributed by atoms with van der Waals surface area (Å²) in [6.45, 7) is 0.663. The van der Waals surface area contributed by atoms with Gasteiger partial charge in [0.2, 0.25) is 0 Å². The lowest BCUT2D eigenvalue weighted by Gasteiger charge is -2.19. The van der Waals surface area contributed by atoms with Gasteiger partial charge < -0.3 is 19.1 Å². The van der Waals surface area contributed by atoms with Gasteiger partial charge in [0.1, 0.15) is 29.7 Å². The molecule has 5 nitrogen and oxygen atoms in total. The molecule has 0 aromatic heterocycles. The Labute approximate surface area is 140 Å². The zero-order valence-corrected chi connectivity index (χ0v) is 13.9. The molecule has 0 radical (unpaired) electrons. The number of nitrogens with zero attached hydrogens (tertiary/aromatic N) is 1. The van der Waals surface area contributed by atoms with Gasteiger partial charge in [0.15, 0.2) is 0 Å². The van der Waals surface area contributed by atoms with Crippen LogP contribution >= 0.6 is 0 Å². The fourth-order valence-corrected chi connectivity index (χ4v) is 2.13. The van der Waals surface area contributed by atoms with Crippen molar-refractivity contribution in [3.8, 4) is 17.2 Å². The van der Waals surface area contributed by atoms with Crippen molar-refractivity contribution in [3.63, 3.8) is 0 Å². The molecule has 0 heterocycles. The molecule has 0 aliphatic heterocycles. The average molecular weight is 333 g/mol. The van der Waals surface area contributed by atoms with E-state index < -0.39 is 5.82 Å². The maximum atomic E-state index is 13.4. The third-order valence-electron chi connectivity index (χ3n) is 3.49. The molecule has 0 unspecified atom stereocenters. The van der Waals surface area contributed by atoms with Crippen LogP contribution in [-0.2, 0) is 0 Å². The SMILES string of the molecule is COc1ccc(OCCN(C)C(=O)c2cc(F)ccc2OC)cc1. The molecule has 0 aliphatic rings. The Balaban J connectivity index is 1.93. The van der Waals surface area contributed by atoms with Crippen LogP contribution in [-0.4, -0.2) is 45.2 Å². The number of methoxy groups -OCH3 is 2. The van der Waals surface area contributed by atoms with Crippen LogP contribution in [0.5, 0.6) is 17.2 Å². The molecule has 0 atom stereocenters. The van der Waals surface area contributed by atoms with E-state index in [-0.39, 0.29) is 11.5 Å². The number of carbonyl (C=O) groups excluding carboxylic acids is 1. The van der Waals surface area contributed by atoms with Crippen LogP contribution in [0, 0.1) is 5.82 Å². The number of benzene rings is 2. The zero-order chi connectivity index (χ0) is 17.5. The minimum Gasteiger partial charge on any atom is -0.497 e. The van der Waals surface area contributed by atoms with Gasteiger partial charge in [-0.3, -0.25) is 4.79 Å². The molecule has 6 heteroatoms. The summed E-state index contributed by atoms with van der Waals surface area (Å²) in [7, 11) is 4.66. The van der Waals surface area contributed by atoms with Crippen LogP contribution in [0.4, 0.5) is 4.39 Å². The lowest BCUT2D eigenvalue weighted by atomic mass is 10.1. The van der Waals surface area contributed by atoms with Crippen LogP contribution in [0.3, 0.4) is 0 Å². The fraction of sp³-hybridized carbons (Fsp3) is 0.278. The quantitative estimate of drug-likeness (QED) is 0.781. The van der Waals surface area contributed by atoms with Crippen molar-refractivity contribution in [1.29, 1.82) is 0 Å². The topological polar surface area (TPSA) is 48.0 Å². The van der Waals surface area contributed by atoms with E-state index in [9.17, 15) is 9.18 Å². The zero-order valence-electron chi connectivity index (χ0n) is 13.9. The van der Waals surface area contributed by atoms with E-state index in [4.69, 9.17) is 14.2 Å². The minimum atomic E-state index is -0.484. The van der Waals surface area contributed by atoms with Gasteiger partial charge in [0.05, 0.1) is 26.3 Å². The summed E-state index contributed by atoms with van der Waals surface area (Å²) < 4.78 is 29.2. The molecule has 1 amide bonds. The number of ether oxygens (including phenoxy) is 3. The van der Waals surface area contributed by atoms with Crippen LogP contribution in [0.2, 0.25) is 0 Å². The number of rotatable bonds is 7. The van der Waals surface area contributed by atoms with Crippen LogP contribution in [0.1, 0.15) is 10.4 Å². The van der Waals surface area contributed by atoms with Crippen molar-refractivity contribution in [2.45, 2.75) is 0 Å². The highest BCUT2D eigenvalue weighted by Crippen LogP contribution is 2.21. The molecule has 128 valence electrons. The molecule has 2 aromatic rings.